The van der Waals surface area contributed by atoms with Crippen molar-refractivity contribution in [3.8, 4) is 0 Å². The van der Waals surface area contributed by atoms with E-state index in [1.807, 2.05) is 0 Å². The van der Waals surface area contributed by atoms with Gasteiger partial charge in [-0.1, -0.05) is 24.3 Å². The topological polar surface area (TPSA) is 111 Å². The summed E-state index contributed by atoms with van der Waals surface area (Å²) in [6, 6.07) is 5.79. The number of allylic oxidation sites excluding steroid dienone is 1. The summed E-state index contributed by atoms with van der Waals surface area (Å²) in [7, 11) is 0. The SMILES string of the molecule is CC1=C(CNC(=O)C([NH3+])C(C)O)C(=O)c2ccccc2C1=O.[Cl-]. The lowest BCUT2D eigenvalue weighted by Crippen LogP contribution is -3.00. The zero-order valence-corrected chi connectivity index (χ0v) is 13.7. The second kappa shape index (κ2) is 7.50. The van der Waals surface area contributed by atoms with Crippen molar-refractivity contribution in [1.82, 2.24) is 5.32 Å². The standard InChI is InChI=1S/C16H18N2O4.ClH/c1-8-12(7-18-16(22)13(17)9(2)19)15(21)11-6-4-3-5-10(11)14(8)20;/h3-6,9,13,19H,7,17H2,1-2H3,(H,18,22);1H. The number of quaternary nitrogens is 1. The molecule has 1 aromatic rings. The van der Waals surface area contributed by atoms with Crippen LogP contribution in [0.15, 0.2) is 35.4 Å². The fourth-order valence-electron chi connectivity index (χ4n) is 2.29. The monoisotopic (exact) mass is 338 g/mol. The Labute approximate surface area is 140 Å². The van der Waals surface area contributed by atoms with Crippen LogP contribution in [0.4, 0.5) is 0 Å². The molecular weight excluding hydrogens is 320 g/mol. The zero-order valence-electron chi connectivity index (χ0n) is 12.9. The fourth-order valence-corrected chi connectivity index (χ4v) is 2.29. The number of fused-ring (bicyclic) bond motifs is 1. The van der Waals surface area contributed by atoms with Crippen molar-refractivity contribution in [3.05, 3.63) is 46.5 Å². The number of rotatable bonds is 4. The average Bonchev–Trinajstić information content (AvgIpc) is 2.51. The summed E-state index contributed by atoms with van der Waals surface area (Å²) in [6.07, 6.45) is -0.889. The van der Waals surface area contributed by atoms with Crippen molar-refractivity contribution in [2.24, 2.45) is 0 Å². The largest absolute Gasteiger partial charge is 1.00 e. The van der Waals surface area contributed by atoms with Crippen molar-refractivity contribution in [2.75, 3.05) is 6.54 Å². The maximum atomic E-state index is 12.5. The normalized spacial score (nSPS) is 16.3. The van der Waals surface area contributed by atoms with Crippen LogP contribution in [0.2, 0.25) is 0 Å². The molecule has 0 spiro atoms. The van der Waals surface area contributed by atoms with Gasteiger partial charge in [-0.25, -0.2) is 0 Å². The van der Waals surface area contributed by atoms with Gasteiger partial charge in [-0.3, -0.25) is 14.4 Å². The van der Waals surface area contributed by atoms with E-state index in [0.717, 1.165) is 0 Å². The minimum Gasteiger partial charge on any atom is -1.00 e. The first-order valence-electron chi connectivity index (χ1n) is 7.01. The van der Waals surface area contributed by atoms with Gasteiger partial charge in [-0.2, -0.15) is 0 Å². The zero-order chi connectivity index (χ0) is 16.4. The summed E-state index contributed by atoms with van der Waals surface area (Å²) in [4.78, 5) is 36.6. The van der Waals surface area contributed by atoms with Gasteiger partial charge in [0.25, 0.3) is 5.91 Å². The molecule has 5 N–H and O–H groups in total. The molecule has 0 fully saturated rings. The maximum absolute atomic E-state index is 12.5. The van der Waals surface area contributed by atoms with Crippen LogP contribution in [0.25, 0.3) is 0 Å². The number of nitrogens with one attached hydrogen (secondary N) is 1. The summed E-state index contributed by atoms with van der Waals surface area (Å²) in [5.74, 6) is -0.929. The van der Waals surface area contributed by atoms with Gasteiger partial charge in [-0.05, 0) is 13.8 Å². The van der Waals surface area contributed by atoms with Crippen molar-refractivity contribution in [1.29, 1.82) is 0 Å². The van der Waals surface area contributed by atoms with Crippen molar-refractivity contribution >= 4 is 17.5 Å². The average molecular weight is 339 g/mol. The highest BCUT2D eigenvalue weighted by atomic mass is 35.5. The molecule has 2 unspecified atom stereocenters. The molecule has 7 heteroatoms. The summed E-state index contributed by atoms with van der Waals surface area (Å²) >= 11 is 0. The Bertz CT molecular complexity index is 682. The first-order valence-corrected chi connectivity index (χ1v) is 7.01. The molecule has 2 rings (SSSR count). The number of carbonyl (C=O) groups is 3. The second-order valence-electron chi connectivity index (χ2n) is 5.37. The maximum Gasteiger partial charge on any atom is 0.281 e. The van der Waals surface area contributed by atoms with Crippen LogP contribution in [-0.2, 0) is 4.79 Å². The van der Waals surface area contributed by atoms with Gasteiger partial charge in [0, 0.05) is 28.8 Å². The predicted molar refractivity (Wildman–Crippen MR) is 79.2 cm³/mol. The molecule has 0 saturated carbocycles. The fraction of sp³-hybridized carbons (Fsp3) is 0.312. The van der Waals surface area contributed by atoms with E-state index in [-0.39, 0.29) is 36.1 Å². The predicted octanol–water partition coefficient (Wildman–Crippen LogP) is -3.51. The molecule has 0 aliphatic heterocycles. The van der Waals surface area contributed by atoms with Gasteiger partial charge in [0.1, 0.15) is 6.10 Å². The van der Waals surface area contributed by atoms with E-state index < -0.39 is 18.1 Å². The minimum atomic E-state index is -0.889. The number of halogens is 1. The van der Waals surface area contributed by atoms with Crippen LogP contribution in [0.1, 0.15) is 34.6 Å². The first-order chi connectivity index (χ1) is 10.3. The Balaban J connectivity index is 0.00000264. The molecule has 6 nitrogen and oxygen atoms in total. The quantitative estimate of drug-likeness (QED) is 0.529. The molecule has 23 heavy (non-hydrogen) atoms. The van der Waals surface area contributed by atoms with Gasteiger partial charge >= 0.3 is 0 Å². The number of aliphatic hydroxyl groups is 1. The van der Waals surface area contributed by atoms with Crippen molar-refractivity contribution in [2.45, 2.75) is 26.0 Å². The third-order valence-electron chi connectivity index (χ3n) is 3.84. The Hall–Kier alpha value is -2.02. The molecule has 0 bridgehead atoms. The molecule has 0 radical (unpaired) electrons. The molecule has 1 aromatic carbocycles. The molecule has 124 valence electrons. The van der Waals surface area contributed by atoms with E-state index >= 15 is 0 Å². The molecule has 1 amide bonds. The first kappa shape index (κ1) is 19.0. The van der Waals surface area contributed by atoms with Crippen LogP contribution in [0.5, 0.6) is 0 Å². The summed E-state index contributed by atoms with van der Waals surface area (Å²) in [5.41, 5.74) is 4.91. The van der Waals surface area contributed by atoms with Crippen molar-refractivity contribution < 1.29 is 37.6 Å². The van der Waals surface area contributed by atoms with Crippen molar-refractivity contribution in [3.63, 3.8) is 0 Å². The minimum absolute atomic E-state index is 0. The second-order valence-corrected chi connectivity index (χ2v) is 5.37. The van der Waals surface area contributed by atoms with E-state index in [2.05, 4.69) is 11.1 Å². The molecule has 0 aromatic heterocycles. The lowest BCUT2D eigenvalue weighted by molar-refractivity contribution is -0.419. The van der Waals surface area contributed by atoms with E-state index in [0.29, 0.717) is 16.7 Å². The van der Waals surface area contributed by atoms with Gasteiger partial charge in [0.05, 0.1) is 0 Å². The Morgan fingerprint density at radius 2 is 1.74 bits per heavy atom. The van der Waals surface area contributed by atoms with Crippen LogP contribution in [0, 0.1) is 0 Å². The van der Waals surface area contributed by atoms with Crippen LogP contribution < -0.4 is 23.5 Å². The van der Waals surface area contributed by atoms with E-state index in [1.54, 1.807) is 31.2 Å². The lowest BCUT2D eigenvalue weighted by Gasteiger charge is -2.20. The molecule has 0 saturated heterocycles. The number of hydrogen-bond donors (Lipinski definition) is 3. The number of aliphatic hydroxyl groups excluding tert-OH is 1. The molecular formula is C16H19ClN2O4. The third kappa shape index (κ3) is 3.67. The van der Waals surface area contributed by atoms with Crippen LogP contribution in [0.3, 0.4) is 0 Å². The number of carbonyl (C=O) groups excluding carboxylic acids is 3. The van der Waals surface area contributed by atoms with Gasteiger partial charge in [0.15, 0.2) is 17.6 Å². The number of hydrogen-bond acceptors (Lipinski definition) is 4. The molecule has 2 atom stereocenters. The third-order valence-corrected chi connectivity index (χ3v) is 3.84. The van der Waals surface area contributed by atoms with Gasteiger partial charge < -0.3 is 28.6 Å². The molecule has 1 aliphatic rings. The Kier molecular flexibility index (Phi) is 6.20. The van der Waals surface area contributed by atoms with E-state index in [9.17, 15) is 19.5 Å². The highest BCUT2D eigenvalue weighted by Crippen LogP contribution is 2.25. The van der Waals surface area contributed by atoms with Crippen LogP contribution in [-0.4, -0.2) is 41.3 Å². The number of Topliss-reactive ketones (excluding diaryl/α,β-unsaturated/α-hetero) is 2. The summed E-state index contributed by atoms with van der Waals surface area (Å²) < 4.78 is 0. The Morgan fingerprint density at radius 1 is 1.22 bits per heavy atom. The highest BCUT2D eigenvalue weighted by Gasteiger charge is 2.30. The number of amides is 1. The highest BCUT2D eigenvalue weighted by molar-refractivity contribution is 6.26. The Morgan fingerprint density at radius 3 is 2.26 bits per heavy atom. The smallest absolute Gasteiger partial charge is 0.281 e. The number of ketones is 2. The summed E-state index contributed by atoms with van der Waals surface area (Å²) in [6.45, 7) is 2.99. The molecule has 0 heterocycles. The van der Waals surface area contributed by atoms with E-state index in [1.165, 1.54) is 6.92 Å². The van der Waals surface area contributed by atoms with Crippen LogP contribution >= 0.6 is 0 Å². The van der Waals surface area contributed by atoms with Gasteiger partial charge in [-0.15, -0.1) is 0 Å². The number of benzene rings is 1. The lowest BCUT2D eigenvalue weighted by atomic mass is 9.84. The molecule has 1 aliphatic carbocycles. The van der Waals surface area contributed by atoms with Gasteiger partial charge in [0.2, 0.25) is 0 Å². The van der Waals surface area contributed by atoms with E-state index in [4.69, 9.17) is 0 Å². The summed E-state index contributed by atoms with van der Waals surface area (Å²) in [5, 5.41) is 11.9.